The zero-order chi connectivity index (χ0) is 22.8. The van der Waals surface area contributed by atoms with Crippen LogP contribution in [0.2, 0.25) is 0 Å². The van der Waals surface area contributed by atoms with Crippen LogP contribution in [0, 0.1) is 6.92 Å². The summed E-state index contributed by atoms with van der Waals surface area (Å²) in [4.78, 5) is 30.4. The summed E-state index contributed by atoms with van der Waals surface area (Å²) in [5.41, 5.74) is 4.14. The Labute approximate surface area is 190 Å². The molecule has 3 aromatic carbocycles. The van der Waals surface area contributed by atoms with Gasteiger partial charge in [0, 0.05) is 16.5 Å². The van der Waals surface area contributed by atoms with Crippen molar-refractivity contribution in [3.63, 3.8) is 0 Å². The van der Waals surface area contributed by atoms with Crippen LogP contribution in [-0.2, 0) is 4.74 Å². The maximum atomic E-state index is 13.0. The van der Waals surface area contributed by atoms with E-state index in [4.69, 9.17) is 19.2 Å². The number of hydrogen-bond donors (Lipinski definition) is 0. The van der Waals surface area contributed by atoms with Gasteiger partial charge in [-0.25, -0.2) is 9.78 Å². The summed E-state index contributed by atoms with van der Waals surface area (Å²) in [6.45, 7) is 2.54. The van der Waals surface area contributed by atoms with Crippen molar-refractivity contribution in [2.75, 3.05) is 19.8 Å². The van der Waals surface area contributed by atoms with Crippen LogP contribution in [0.15, 0.2) is 72.8 Å². The summed E-state index contributed by atoms with van der Waals surface area (Å²) in [7, 11) is 0. The molecule has 33 heavy (non-hydrogen) atoms. The molecule has 0 spiro atoms. The maximum Gasteiger partial charge on any atom is 0.339 e. The lowest BCUT2D eigenvalue weighted by Gasteiger charge is -2.18. The number of esters is 1. The second kappa shape index (κ2) is 8.74. The van der Waals surface area contributed by atoms with Gasteiger partial charge in [-0.1, -0.05) is 48.0 Å². The van der Waals surface area contributed by atoms with Gasteiger partial charge in [-0.3, -0.25) is 4.79 Å². The van der Waals surface area contributed by atoms with E-state index in [1.807, 2.05) is 55.5 Å². The van der Waals surface area contributed by atoms with E-state index in [2.05, 4.69) is 0 Å². The van der Waals surface area contributed by atoms with Crippen molar-refractivity contribution < 1.29 is 23.8 Å². The fourth-order valence-electron chi connectivity index (χ4n) is 3.73. The molecule has 0 unspecified atom stereocenters. The van der Waals surface area contributed by atoms with Gasteiger partial charge >= 0.3 is 5.97 Å². The average Bonchev–Trinajstić information content (AvgIpc) is 2.86. The number of Topliss-reactive ketones (excluding diaryl/α,β-unsaturated/α-hetero) is 1. The Morgan fingerprint density at radius 3 is 2.48 bits per heavy atom. The minimum Gasteiger partial charge on any atom is -0.486 e. The molecule has 5 rings (SSSR count). The molecule has 0 saturated carbocycles. The van der Waals surface area contributed by atoms with Crippen molar-refractivity contribution in [2.45, 2.75) is 6.92 Å². The predicted octanol–water partition coefficient (Wildman–Crippen LogP) is 5.02. The molecule has 0 radical (unpaired) electrons. The van der Waals surface area contributed by atoms with E-state index < -0.39 is 5.97 Å². The van der Waals surface area contributed by atoms with Crippen LogP contribution in [0.3, 0.4) is 0 Å². The van der Waals surface area contributed by atoms with E-state index in [1.165, 1.54) is 0 Å². The van der Waals surface area contributed by atoms with Crippen molar-refractivity contribution in [2.24, 2.45) is 0 Å². The summed E-state index contributed by atoms with van der Waals surface area (Å²) in [6.07, 6.45) is 0. The van der Waals surface area contributed by atoms with Gasteiger partial charge in [-0.15, -0.1) is 0 Å². The fourth-order valence-corrected chi connectivity index (χ4v) is 3.73. The first-order chi connectivity index (χ1) is 16.1. The molecule has 1 aliphatic heterocycles. The van der Waals surface area contributed by atoms with Gasteiger partial charge in [-0.05, 0) is 37.3 Å². The minimum atomic E-state index is -0.576. The number of nitrogens with zero attached hydrogens (tertiary/aromatic N) is 1. The molecule has 4 aromatic rings. The fraction of sp³-hybridized carbons (Fsp3) is 0.148. The monoisotopic (exact) mass is 439 g/mol. The van der Waals surface area contributed by atoms with E-state index in [-0.39, 0.29) is 12.4 Å². The van der Waals surface area contributed by atoms with Crippen molar-refractivity contribution in [3.8, 4) is 22.8 Å². The Morgan fingerprint density at radius 1 is 0.909 bits per heavy atom. The van der Waals surface area contributed by atoms with Crippen LogP contribution in [0.25, 0.3) is 22.2 Å². The SMILES string of the molecule is Cc1ccc(-c2cc(C(=O)OCC(=O)c3ccc4c(c3)OCCO4)c3ccccc3n2)cc1. The lowest BCUT2D eigenvalue weighted by Crippen LogP contribution is -2.17. The molecule has 164 valence electrons. The minimum absolute atomic E-state index is 0.322. The summed E-state index contributed by atoms with van der Waals surface area (Å²) < 4.78 is 16.4. The van der Waals surface area contributed by atoms with Crippen LogP contribution in [0.5, 0.6) is 11.5 Å². The first-order valence-electron chi connectivity index (χ1n) is 10.7. The summed E-state index contributed by atoms with van der Waals surface area (Å²) >= 11 is 0. The second-order valence-electron chi connectivity index (χ2n) is 7.80. The van der Waals surface area contributed by atoms with Gasteiger partial charge in [0.2, 0.25) is 0 Å². The number of pyridine rings is 1. The number of hydrogen-bond acceptors (Lipinski definition) is 6. The number of aryl methyl sites for hydroxylation is 1. The van der Waals surface area contributed by atoms with E-state index in [0.717, 1.165) is 11.1 Å². The smallest absolute Gasteiger partial charge is 0.339 e. The van der Waals surface area contributed by atoms with Gasteiger partial charge in [-0.2, -0.15) is 0 Å². The van der Waals surface area contributed by atoms with Crippen LogP contribution in [0.4, 0.5) is 0 Å². The molecule has 0 saturated heterocycles. The molecule has 1 aromatic heterocycles. The van der Waals surface area contributed by atoms with E-state index in [1.54, 1.807) is 24.3 Å². The van der Waals surface area contributed by atoms with Crippen LogP contribution < -0.4 is 9.47 Å². The standard InChI is InChI=1S/C27H21NO5/c1-17-6-8-18(9-7-17)23-15-21(20-4-2-3-5-22(20)28-23)27(30)33-16-24(29)19-10-11-25-26(14-19)32-13-12-31-25/h2-11,14-15H,12-13,16H2,1H3. The van der Waals surface area contributed by atoms with Crippen molar-refractivity contribution >= 4 is 22.7 Å². The number of para-hydroxylation sites is 1. The highest BCUT2D eigenvalue weighted by Gasteiger charge is 2.19. The molecule has 0 bridgehead atoms. The lowest BCUT2D eigenvalue weighted by molar-refractivity contribution is 0.0476. The number of fused-ring (bicyclic) bond motifs is 2. The Balaban J connectivity index is 1.40. The molecule has 1 aliphatic rings. The molecule has 6 nitrogen and oxygen atoms in total. The normalized spacial score (nSPS) is 12.4. The first kappa shape index (κ1) is 20.7. The maximum absolute atomic E-state index is 13.0. The average molecular weight is 439 g/mol. The third-order valence-electron chi connectivity index (χ3n) is 5.48. The molecule has 2 heterocycles. The Hall–Kier alpha value is -4.19. The van der Waals surface area contributed by atoms with E-state index in [0.29, 0.717) is 52.4 Å². The number of ether oxygens (including phenoxy) is 3. The number of carbonyl (C=O) groups excluding carboxylic acids is 2. The summed E-state index contributed by atoms with van der Waals surface area (Å²) in [5.74, 6) is 0.216. The molecule has 0 atom stereocenters. The largest absolute Gasteiger partial charge is 0.486 e. The van der Waals surface area contributed by atoms with Crippen LogP contribution in [0.1, 0.15) is 26.3 Å². The Kier molecular flexibility index (Phi) is 5.48. The van der Waals surface area contributed by atoms with E-state index in [9.17, 15) is 9.59 Å². The third kappa shape index (κ3) is 4.28. The van der Waals surface area contributed by atoms with Crippen molar-refractivity contribution in [1.82, 2.24) is 4.98 Å². The summed E-state index contributed by atoms with van der Waals surface area (Å²) in [5, 5.41) is 0.671. The van der Waals surface area contributed by atoms with Gasteiger partial charge < -0.3 is 14.2 Å². The number of carbonyl (C=O) groups is 2. The number of rotatable bonds is 5. The van der Waals surface area contributed by atoms with Gasteiger partial charge in [0.05, 0.1) is 16.8 Å². The van der Waals surface area contributed by atoms with Crippen molar-refractivity contribution in [3.05, 3.63) is 89.5 Å². The lowest BCUT2D eigenvalue weighted by atomic mass is 10.0. The highest BCUT2D eigenvalue weighted by Crippen LogP contribution is 2.31. The zero-order valence-corrected chi connectivity index (χ0v) is 18.0. The molecule has 0 aliphatic carbocycles. The van der Waals surface area contributed by atoms with Crippen molar-refractivity contribution in [1.29, 1.82) is 0 Å². The molecular weight excluding hydrogens is 418 g/mol. The quantitative estimate of drug-likeness (QED) is 0.321. The highest BCUT2D eigenvalue weighted by molar-refractivity contribution is 6.06. The first-order valence-corrected chi connectivity index (χ1v) is 10.7. The molecule has 0 amide bonds. The topological polar surface area (TPSA) is 74.7 Å². The highest BCUT2D eigenvalue weighted by atomic mass is 16.6. The van der Waals surface area contributed by atoms with Crippen LogP contribution in [-0.4, -0.2) is 36.6 Å². The number of benzene rings is 3. The van der Waals surface area contributed by atoms with Gasteiger partial charge in [0.1, 0.15) is 13.2 Å². The third-order valence-corrected chi connectivity index (χ3v) is 5.48. The molecule has 6 heteroatoms. The zero-order valence-electron chi connectivity index (χ0n) is 18.0. The van der Waals surface area contributed by atoms with Gasteiger partial charge in [0.25, 0.3) is 0 Å². The molecule has 0 fully saturated rings. The Bertz CT molecular complexity index is 1360. The van der Waals surface area contributed by atoms with Crippen LogP contribution >= 0.6 is 0 Å². The summed E-state index contributed by atoms with van der Waals surface area (Å²) in [6, 6.07) is 22.0. The molecule has 0 N–H and O–H groups in total. The molecular formula is C27H21NO5. The van der Waals surface area contributed by atoms with E-state index >= 15 is 0 Å². The van der Waals surface area contributed by atoms with Gasteiger partial charge in [0.15, 0.2) is 23.9 Å². The second-order valence-corrected chi connectivity index (χ2v) is 7.80. The number of ketones is 1. The predicted molar refractivity (Wildman–Crippen MR) is 124 cm³/mol. The number of aromatic nitrogens is 1. The Morgan fingerprint density at radius 2 is 1.67 bits per heavy atom.